The Morgan fingerprint density at radius 3 is 2.36 bits per heavy atom. The molecule has 1 aromatic carbocycles. The van der Waals surface area contributed by atoms with Gasteiger partial charge in [0.05, 0.1) is 5.54 Å². The standard InChI is InChI=1S/C12H17NO/c1-10(14)12(2,3)13-9-11-7-5-4-6-8-11/h4-8,13H,9H2,1-3H3. The summed E-state index contributed by atoms with van der Waals surface area (Å²) in [6, 6.07) is 10.1. The number of rotatable bonds is 4. The lowest BCUT2D eigenvalue weighted by Gasteiger charge is -2.22. The highest BCUT2D eigenvalue weighted by Crippen LogP contribution is 2.06. The zero-order valence-electron chi connectivity index (χ0n) is 9.00. The zero-order valence-corrected chi connectivity index (χ0v) is 9.00. The van der Waals surface area contributed by atoms with Crippen LogP contribution in [0.4, 0.5) is 0 Å². The highest BCUT2D eigenvalue weighted by atomic mass is 16.1. The molecule has 0 saturated heterocycles. The van der Waals surface area contributed by atoms with E-state index in [2.05, 4.69) is 5.32 Å². The fourth-order valence-electron chi connectivity index (χ4n) is 1.04. The van der Waals surface area contributed by atoms with Crippen molar-refractivity contribution in [3.05, 3.63) is 35.9 Å². The number of carbonyl (C=O) groups is 1. The van der Waals surface area contributed by atoms with Crippen molar-refractivity contribution in [3.8, 4) is 0 Å². The van der Waals surface area contributed by atoms with Gasteiger partial charge in [0.25, 0.3) is 0 Å². The maximum atomic E-state index is 11.2. The summed E-state index contributed by atoms with van der Waals surface area (Å²) in [4.78, 5) is 11.2. The van der Waals surface area contributed by atoms with Crippen molar-refractivity contribution < 1.29 is 4.79 Å². The summed E-state index contributed by atoms with van der Waals surface area (Å²) in [6.07, 6.45) is 0. The Morgan fingerprint density at radius 2 is 1.86 bits per heavy atom. The van der Waals surface area contributed by atoms with Crippen LogP contribution in [-0.4, -0.2) is 11.3 Å². The minimum atomic E-state index is -0.435. The zero-order chi connectivity index (χ0) is 10.6. The Labute approximate surface area is 85.3 Å². The number of benzene rings is 1. The van der Waals surface area contributed by atoms with Crippen molar-refractivity contribution in [3.63, 3.8) is 0 Å². The highest BCUT2D eigenvalue weighted by Gasteiger charge is 2.21. The molecular weight excluding hydrogens is 174 g/mol. The van der Waals surface area contributed by atoms with E-state index in [0.717, 1.165) is 6.54 Å². The Balaban J connectivity index is 2.53. The SMILES string of the molecule is CC(=O)C(C)(C)NCc1ccccc1. The van der Waals surface area contributed by atoms with Gasteiger partial charge in [-0.25, -0.2) is 0 Å². The molecule has 2 nitrogen and oxygen atoms in total. The maximum absolute atomic E-state index is 11.2. The molecule has 1 N–H and O–H groups in total. The Hall–Kier alpha value is -1.15. The first kappa shape index (κ1) is 10.9. The summed E-state index contributed by atoms with van der Waals surface area (Å²) >= 11 is 0. The lowest BCUT2D eigenvalue weighted by atomic mass is 10.00. The van der Waals surface area contributed by atoms with Gasteiger partial charge in [0.2, 0.25) is 0 Å². The predicted molar refractivity (Wildman–Crippen MR) is 58.0 cm³/mol. The Morgan fingerprint density at radius 1 is 1.29 bits per heavy atom. The summed E-state index contributed by atoms with van der Waals surface area (Å²) in [6.45, 7) is 6.14. The van der Waals surface area contributed by atoms with Gasteiger partial charge in [-0.05, 0) is 26.3 Å². The Kier molecular flexibility index (Phi) is 3.42. The van der Waals surface area contributed by atoms with E-state index in [1.54, 1.807) is 6.92 Å². The number of nitrogens with one attached hydrogen (secondary N) is 1. The molecular formula is C12H17NO. The van der Waals surface area contributed by atoms with Crippen molar-refractivity contribution in [1.29, 1.82) is 0 Å². The van der Waals surface area contributed by atoms with Crippen LogP contribution in [0.25, 0.3) is 0 Å². The van der Waals surface area contributed by atoms with Gasteiger partial charge in [-0.15, -0.1) is 0 Å². The molecule has 76 valence electrons. The van der Waals surface area contributed by atoms with E-state index >= 15 is 0 Å². The van der Waals surface area contributed by atoms with E-state index in [4.69, 9.17) is 0 Å². The second kappa shape index (κ2) is 4.38. The monoisotopic (exact) mass is 191 g/mol. The summed E-state index contributed by atoms with van der Waals surface area (Å²) in [5.41, 5.74) is 0.761. The molecule has 0 fully saturated rings. The van der Waals surface area contributed by atoms with E-state index in [1.807, 2.05) is 44.2 Å². The molecule has 0 spiro atoms. The van der Waals surface area contributed by atoms with Gasteiger partial charge >= 0.3 is 0 Å². The predicted octanol–water partition coefficient (Wildman–Crippen LogP) is 2.14. The summed E-state index contributed by atoms with van der Waals surface area (Å²) in [5.74, 6) is 0.161. The first-order valence-corrected chi connectivity index (χ1v) is 4.82. The smallest absolute Gasteiger partial charge is 0.149 e. The molecule has 0 amide bonds. The van der Waals surface area contributed by atoms with Crippen molar-refractivity contribution in [2.24, 2.45) is 0 Å². The third kappa shape index (κ3) is 2.96. The Bertz CT molecular complexity index is 303. The van der Waals surface area contributed by atoms with E-state index in [9.17, 15) is 4.79 Å². The van der Waals surface area contributed by atoms with Crippen LogP contribution in [0.1, 0.15) is 26.3 Å². The van der Waals surface area contributed by atoms with Gasteiger partial charge < -0.3 is 5.32 Å². The lowest BCUT2D eigenvalue weighted by molar-refractivity contribution is -0.122. The first-order valence-electron chi connectivity index (χ1n) is 4.82. The molecule has 0 bridgehead atoms. The topological polar surface area (TPSA) is 29.1 Å². The van der Waals surface area contributed by atoms with Crippen molar-refractivity contribution in [2.75, 3.05) is 0 Å². The van der Waals surface area contributed by atoms with E-state index in [0.29, 0.717) is 0 Å². The van der Waals surface area contributed by atoms with E-state index < -0.39 is 5.54 Å². The highest BCUT2D eigenvalue weighted by molar-refractivity contribution is 5.85. The van der Waals surface area contributed by atoms with Crippen LogP contribution >= 0.6 is 0 Å². The molecule has 1 aromatic rings. The summed E-state index contributed by atoms with van der Waals surface area (Å²) in [5, 5.41) is 3.23. The number of carbonyl (C=O) groups excluding carboxylic acids is 1. The number of Topliss-reactive ketones (excluding diaryl/α,β-unsaturated/α-hetero) is 1. The third-order valence-corrected chi connectivity index (χ3v) is 2.46. The van der Waals surface area contributed by atoms with Gasteiger partial charge in [0, 0.05) is 6.54 Å². The van der Waals surface area contributed by atoms with Crippen molar-refractivity contribution >= 4 is 5.78 Å². The van der Waals surface area contributed by atoms with Crippen LogP contribution < -0.4 is 5.32 Å². The summed E-state index contributed by atoms with van der Waals surface area (Å²) < 4.78 is 0. The maximum Gasteiger partial charge on any atom is 0.149 e. The largest absolute Gasteiger partial charge is 0.301 e. The van der Waals surface area contributed by atoms with Crippen LogP contribution in [0, 0.1) is 0 Å². The fraction of sp³-hybridized carbons (Fsp3) is 0.417. The average molecular weight is 191 g/mol. The van der Waals surface area contributed by atoms with Gasteiger partial charge in [0.1, 0.15) is 5.78 Å². The molecule has 0 aliphatic heterocycles. The van der Waals surface area contributed by atoms with Crippen LogP contribution in [0.5, 0.6) is 0 Å². The minimum Gasteiger partial charge on any atom is -0.301 e. The van der Waals surface area contributed by atoms with Gasteiger partial charge in [-0.2, -0.15) is 0 Å². The molecule has 0 radical (unpaired) electrons. The molecule has 0 saturated carbocycles. The third-order valence-electron chi connectivity index (χ3n) is 2.46. The molecule has 0 unspecified atom stereocenters. The normalized spacial score (nSPS) is 11.4. The number of hydrogen-bond donors (Lipinski definition) is 1. The van der Waals surface area contributed by atoms with Crippen molar-refractivity contribution in [2.45, 2.75) is 32.9 Å². The number of hydrogen-bond acceptors (Lipinski definition) is 2. The molecule has 0 aromatic heterocycles. The molecule has 0 aliphatic carbocycles. The molecule has 0 aliphatic rings. The molecule has 14 heavy (non-hydrogen) atoms. The van der Waals surface area contributed by atoms with E-state index in [-0.39, 0.29) is 5.78 Å². The molecule has 2 heteroatoms. The molecule has 1 rings (SSSR count). The van der Waals surface area contributed by atoms with Gasteiger partial charge in [-0.3, -0.25) is 4.79 Å². The van der Waals surface area contributed by atoms with Crippen LogP contribution in [-0.2, 0) is 11.3 Å². The lowest BCUT2D eigenvalue weighted by Crippen LogP contribution is -2.44. The van der Waals surface area contributed by atoms with E-state index in [1.165, 1.54) is 5.56 Å². The second-order valence-electron chi connectivity index (χ2n) is 4.02. The first-order chi connectivity index (χ1) is 6.52. The minimum absolute atomic E-state index is 0.161. The van der Waals surface area contributed by atoms with Crippen LogP contribution in [0.15, 0.2) is 30.3 Å². The number of ketones is 1. The van der Waals surface area contributed by atoms with Gasteiger partial charge in [-0.1, -0.05) is 30.3 Å². The molecule has 0 heterocycles. The fourth-order valence-corrected chi connectivity index (χ4v) is 1.04. The average Bonchev–Trinajstić information content (AvgIpc) is 2.16. The quantitative estimate of drug-likeness (QED) is 0.790. The summed E-state index contributed by atoms with van der Waals surface area (Å²) in [7, 11) is 0. The van der Waals surface area contributed by atoms with Crippen LogP contribution in [0.3, 0.4) is 0 Å². The second-order valence-corrected chi connectivity index (χ2v) is 4.02. The van der Waals surface area contributed by atoms with Gasteiger partial charge in [0.15, 0.2) is 0 Å². The van der Waals surface area contributed by atoms with Crippen LogP contribution in [0.2, 0.25) is 0 Å². The van der Waals surface area contributed by atoms with Crippen molar-refractivity contribution in [1.82, 2.24) is 5.32 Å². The molecule has 0 atom stereocenters.